The molecule has 18 heteroatoms. The van der Waals surface area contributed by atoms with Gasteiger partial charge in [-0.3, -0.25) is 14.5 Å². The van der Waals surface area contributed by atoms with E-state index in [1.807, 2.05) is 0 Å². The van der Waals surface area contributed by atoms with E-state index in [9.17, 15) is 28.8 Å². The van der Waals surface area contributed by atoms with Gasteiger partial charge in [-0.05, 0) is 36.4 Å². The normalized spacial score (nSPS) is 14.7. The molecule has 231 valence electrons. The zero-order chi connectivity index (χ0) is 31.3. The Balaban J connectivity index is 0.00000126. The van der Waals surface area contributed by atoms with Crippen LogP contribution in [-0.4, -0.2) is 77.3 Å². The molecule has 7 aromatic rings. The van der Waals surface area contributed by atoms with Gasteiger partial charge >= 0.3 is 0 Å². The van der Waals surface area contributed by atoms with Crippen molar-refractivity contribution < 1.29 is 84.4 Å². The van der Waals surface area contributed by atoms with Crippen LogP contribution in [-0.2, 0) is 55.7 Å². The maximum atomic E-state index is 12.7. The summed E-state index contributed by atoms with van der Waals surface area (Å²) in [7, 11) is 1.39. The van der Waals surface area contributed by atoms with Crippen molar-refractivity contribution >= 4 is 102 Å². The molecule has 15 nitrogen and oxygen atoms in total. The van der Waals surface area contributed by atoms with Gasteiger partial charge in [0.05, 0.1) is 67.9 Å². The Labute approximate surface area is 306 Å². The molecule has 6 heterocycles. The molecule has 0 fully saturated rings. The SMILES string of the molecule is CN1C(=O)c2cc3nc4c5nc6cc7c(cc6nc5c5nc6cc8c(cc6nc5c4nc3cc2C1=O)C(=O)[N-]C8=O)C(=O)[N-]C7=O.[V].[V].[V]. The van der Waals surface area contributed by atoms with E-state index in [1.54, 1.807) is 0 Å². The van der Waals surface area contributed by atoms with E-state index in [0.717, 1.165) is 4.90 Å². The quantitative estimate of drug-likeness (QED) is 0.124. The first-order valence-corrected chi connectivity index (χ1v) is 13.7. The molecule has 3 aliphatic rings. The van der Waals surface area contributed by atoms with Gasteiger partial charge in [0.15, 0.2) is 0 Å². The molecule has 4 aromatic carbocycles. The average Bonchev–Trinajstić information content (AvgIpc) is 3.57. The second-order valence-electron chi connectivity index (χ2n) is 11.0. The van der Waals surface area contributed by atoms with Crippen LogP contribution in [0.4, 0.5) is 0 Å². The minimum Gasteiger partial charge on any atom is -0.587 e. The molecular weight excluding hydrogens is 747 g/mol. The van der Waals surface area contributed by atoms with Gasteiger partial charge in [-0.1, -0.05) is 0 Å². The fourth-order valence-corrected chi connectivity index (χ4v) is 6.24. The minimum atomic E-state index is -0.681. The fraction of sp³-hybridized carbons (Fsp3) is 0.0323. The Bertz CT molecular complexity index is 2670. The number of hydrogen-bond donors (Lipinski definition) is 0. The third-order valence-corrected chi connectivity index (χ3v) is 8.48. The Morgan fingerprint density at radius 1 is 0.388 bits per heavy atom. The Hall–Kier alpha value is -5.15. The number of imide groups is 3. The molecule has 0 spiro atoms. The van der Waals surface area contributed by atoms with Crippen molar-refractivity contribution in [3.8, 4) is 0 Å². The van der Waals surface area contributed by atoms with Crippen molar-refractivity contribution in [2.75, 3.05) is 7.05 Å². The molecule has 3 radical (unpaired) electrons. The summed E-state index contributed by atoms with van der Waals surface area (Å²) in [4.78, 5) is 105. The van der Waals surface area contributed by atoms with Crippen LogP contribution in [0.5, 0.6) is 0 Å². The van der Waals surface area contributed by atoms with Gasteiger partial charge in [-0.15, -0.1) is 0 Å². The molecule has 3 aromatic heterocycles. The first-order valence-electron chi connectivity index (χ1n) is 13.7. The first-order chi connectivity index (χ1) is 22.1. The van der Waals surface area contributed by atoms with Crippen LogP contribution < -0.4 is 0 Å². The van der Waals surface area contributed by atoms with Crippen LogP contribution in [0.2, 0.25) is 0 Å². The summed E-state index contributed by atoms with van der Waals surface area (Å²) in [5.41, 5.74) is 3.85. The smallest absolute Gasteiger partial charge is 0.261 e. The molecular formula is C31H9N9O6V3-2. The van der Waals surface area contributed by atoms with Gasteiger partial charge in [-0.25, -0.2) is 29.9 Å². The summed E-state index contributed by atoms with van der Waals surface area (Å²) >= 11 is 0. The average molecular weight is 756 g/mol. The number of fused-ring (bicyclic) bond motifs is 12. The number of hydrogen-bond acceptors (Lipinski definition) is 12. The Morgan fingerprint density at radius 3 is 0.816 bits per heavy atom. The summed E-state index contributed by atoms with van der Waals surface area (Å²) in [5.74, 6) is -3.66. The number of rotatable bonds is 0. The number of aromatic nitrogens is 6. The van der Waals surface area contributed by atoms with Gasteiger partial charge in [0.2, 0.25) is 0 Å². The molecule has 0 unspecified atom stereocenters. The van der Waals surface area contributed by atoms with Gasteiger partial charge in [-0.2, -0.15) is 0 Å². The van der Waals surface area contributed by atoms with Crippen molar-refractivity contribution in [1.82, 2.24) is 34.8 Å². The van der Waals surface area contributed by atoms with Gasteiger partial charge in [0, 0.05) is 85.0 Å². The summed E-state index contributed by atoms with van der Waals surface area (Å²) in [6, 6.07) is 8.73. The van der Waals surface area contributed by atoms with E-state index in [-0.39, 0.29) is 144 Å². The first kappa shape index (κ1) is 32.4. The van der Waals surface area contributed by atoms with Crippen LogP contribution in [0.15, 0.2) is 36.4 Å². The standard InChI is InChI=1S/C31H11N9O6.3V/c1-40-30(45)12-6-18-19(7-13(12)31(40)46)37-25-23-21(33-15-3-9-11(5-17(15)35-23)29(44)39-27(9)42)20-22(24(25)36-18)34-16-4-10-8(2-14(16)32-20)26(41)38-28(10)43;;;/h2-7H,1H3,(H2,38,39,41,42,43,44);;;/p-2. The van der Waals surface area contributed by atoms with Crippen LogP contribution in [0, 0.1) is 0 Å². The maximum Gasteiger partial charge on any atom is 0.261 e. The largest absolute Gasteiger partial charge is 0.587 e. The number of amides is 6. The zero-order valence-corrected chi connectivity index (χ0v) is 28.5. The molecule has 0 aliphatic carbocycles. The number of carbonyl (C=O) groups excluding carboxylic acids is 6. The van der Waals surface area contributed by atoms with Crippen molar-refractivity contribution in [1.29, 1.82) is 0 Å². The monoisotopic (exact) mass is 756 g/mol. The number of benzene rings is 4. The third kappa shape index (κ3) is 4.18. The predicted molar refractivity (Wildman–Crippen MR) is 159 cm³/mol. The van der Waals surface area contributed by atoms with Crippen molar-refractivity contribution in [3.05, 3.63) is 80.4 Å². The molecule has 0 bridgehead atoms. The summed E-state index contributed by atoms with van der Waals surface area (Å²) in [5, 5.41) is 7.02. The summed E-state index contributed by atoms with van der Waals surface area (Å²) in [6.07, 6.45) is 0. The van der Waals surface area contributed by atoms with Crippen LogP contribution in [0.25, 0.3) is 76.8 Å². The molecule has 0 atom stereocenters. The number of nitrogens with zero attached hydrogens (tertiary/aromatic N) is 9. The van der Waals surface area contributed by atoms with Crippen molar-refractivity contribution in [2.45, 2.75) is 0 Å². The Kier molecular flexibility index (Phi) is 7.06. The minimum absolute atomic E-state index is 0. The van der Waals surface area contributed by atoms with Gasteiger partial charge in [0.1, 0.15) is 33.1 Å². The number of carbonyl (C=O) groups is 6. The molecule has 49 heavy (non-hydrogen) atoms. The topological polar surface area (TPSA) is 211 Å². The third-order valence-electron chi connectivity index (χ3n) is 8.48. The Morgan fingerprint density at radius 2 is 0.592 bits per heavy atom. The summed E-state index contributed by atoms with van der Waals surface area (Å²) < 4.78 is 0. The van der Waals surface area contributed by atoms with E-state index >= 15 is 0 Å². The zero-order valence-electron chi connectivity index (χ0n) is 24.3. The van der Waals surface area contributed by atoms with Crippen molar-refractivity contribution in [2.24, 2.45) is 0 Å². The van der Waals surface area contributed by atoms with E-state index in [1.165, 1.54) is 43.4 Å². The van der Waals surface area contributed by atoms with Gasteiger partial charge < -0.3 is 29.8 Å². The van der Waals surface area contributed by atoms with E-state index in [0.29, 0.717) is 11.0 Å². The molecule has 6 amide bonds. The fourth-order valence-electron chi connectivity index (χ4n) is 6.24. The van der Waals surface area contributed by atoms with Crippen LogP contribution in [0.3, 0.4) is 0 Å². The van der Waals surface area contributed by atoms with Crippen LogP contribution >= 0.6 is 0 Å². The van der Waals surface area contributed by atoms with E-state index < -0.39 is 35.4 Å². The van der Waals surface area contributed by atoms with Gasteiger partial charge in [0.25, 0.3) is 11.8 Å². The molecule has 0 N–H and O–H groups in total. The summed E-state index contributed by atoms with van der Waals surface area (Å²) in [6.45, 7) is 0. The van der Waals surface area contributed by atoms with Crippen molar-refractivity contribution in [3.63, 3.8) is 0 Å². The second kappa shape index (κ2) is 10.7. The van der Waals surface area contributed by atoms with E-state index in [2.05, 4.69) is 10.6 Å². The molecule has 3 aliphatic heterocycles. The molecule has 0 saturated heterocycles. The molecule has 10 rings (SSSR count). The predicted octanol–water partition coefficient (Wildman–Crippen LogP) is 3.53. The van der Waals surface area contributed by atoms with E-state index in [4.69, 9.17) is 29.9 Å². The van der Waals surface area contributed by atoms with Crippen LogP contribution in [0.1, 0.15) is 62.1 Å². The molecule has 0 saturated carbocycles. The second-order valence-corrected chi connectivity index (χ2v) is 11.0. The maximum absolute atomic E-state index is 12.7.